The number of hydrogen-bond acceptors (Lipinski definition) is 6. The molecular weight excluding hydrogens is 360 g/mol. The van der Waals surface area contributed by atoms with E-state index in [1.807, 2.05) is 24.3 Å². The lowest BCUT2D eigenvalue weighted by Crippen LogP contribution is -2.18. The minimum Gasteiger partial charge on any atom is -0.350 e. The Labute approximate surface area is 154 Å². The molecule has 1 aliphatic heterocycles. The van der Waals surface area contributed by atoms with Gasteiger partial charge in [0.1, 0.15) is 10.7 Å². The van der Waals surface area contributed by atoms with E-state index in [9.17, 15) is 20.2 Å². The van der Waals surface area contributed by atoms with Crippen LogP contribution in [0, 0.1) is 20.2 Å². The molecule has 3 rings (SSSR count). The summed E-state index contributed by atoms with van der Waals surface area (Å²) in [6, 6.07) is 9.64. The molecule has 136 valence electrons. The molecular formula is C17H17ClN4O4. The summed E-state index contributed by atoms with van der Waals surface area (Å²) >= 11 is 5.88. The third kappa shape index (κ3) is 4.09. The second-order valence-electron chi connectivity index (χ2n) is 6.14. The van der Waals surface area contributed by atoms with Crippen molar-refractivity contribution in [1.29, 1.82) is 0 Å². The molecule has 0 saturated carbocycles. The van der Waals surface area contributed by atoms with Gasteiger partial charge in [-0.05, 0) is 49.7 Å². The molecule has 2 aromatic rings. The molecule has 1 saturated heterocycles. The van der Waals surface area contributed by atoms with Crippen LogP contribution < -0.4 is 5.32 Å². The zero-order chi connectivity index (χ0) is 18.7. The van der Waals surface area contributed by atoms with E-state index in [2.05, 4.69) is 10.2 Å². The van der Waals surface area contributed by atoms with Crippen LogP contribution in [0.15, 0.2) is 36.4 Å². The average molecular weight is 377 g/mol. The van der Waals surface area contributed by atoms with E-state index in [4.69, 9.17) is 11.6 Å². The number of hydrogen-bond donors (Lipinski definition) is 1. The van der Waals surface area contributed by atoms with Gasteiger partial charge in [-0.25, -0.2) is 0 Å². The molecule has 0 spiro atoms. The summed E-state index contributed by atoms with van der Waals surface area (Å²) in [5, 5.41) is 24.9. The minimum atomic E-state index is -0.744. The van der Waals surface area contributed by atoms with Gasteiger partial charge in [0.2, 0.25) is 0 Å². The number of nitrogens with one attached hydrogen (secondary N) is 1. The molecule has 1 N–H and O–H groups in total. The summed E-state index contributed by atoms with van der Waals surface area (Å²) in [5.74, 6) is 0. The fourth-order valence-corrected chi connectivity index (χ4v) is 3.22. The van der Waals surface area contributed by atoms with Crippen molar-refractivity contribution >= 4 is 34.4 Å². The summed E-state index contributed by atoms with van der Waals surface area (Å²) in [4.78, 5) is 23.1. The van der Waals surface area contributed by atoms with Crippen LogP contribution >= 0.6 is 11.6 Å². The fraction of sp³-hybridized carbons (Fsp3) is 0.294. The van der Waals surface area contributed by atoms with Gasteiger partial charge in [-0.1, -0.05) is 23.7 Å². The maximum absolute atomic E-state index is 11.2. The zero-order valence-corrected chi connectivity index (χ0v) is 14.6. The number of anilines is 2. The van der Waals surface area contributed by atoms with Crippen molar-refractivity contribution in [2.75, 3.05) is 18.4 Å². The summed E-state index contributed by atoms with van der Waals surface area (Å²) in [7, 11) is 0. The largest absolute Gasteiger partial charge is 0.350 e. The Hall–Kier alpha value is -2.71. The van der Waals surface area contributed by atoms with Gasteiger partial charge < -0.3 is 5.32 Å². The fourth-order valence-electron chi connectivity index (χ4n) is 2.99. The zero-order valence-electron chi connectivity index (χ0n) is 13.9. The van der Waals surface area contributed by atoms with E-state index in [1.165, 1.54) is 18.9 Å². The number of likely N-dealkylation sites (tertiary alicyclic amines) is 1. The highest BCUT2D eigenvalue weighted by molar-refractivity contribution is 6.33. The first-order valence-corrected chi connectivity index (χ1v) is 8.52. The summed E-state index contributed by atoms with van der Waals surface area (Å²) in [6.07, 6.45) is 2.45. The normalized spacial score (nSPS) is 14.3. The lowest BCUT2D eigenvalue weighted by molar-refractivity contribution is -0.393. The van der Waals surface area contributed by atoms with E-state index in [1.54, 1.807) is 0 Å². The van der Waals surface area contributed by atoms with Gasteiger partial charge >= 0.3 is 0 Å². The molecule has 8 nitrogen and oxygen atoms in total. The molecule has 1 heterocycles. The number of nitro benzene ring substituents is 2. The number of benzene rings is 2. The van der Waals surface area contributed by atoms with Crippen molar-refractivity contribution in [2.24, 2.45) is 0 Å². The highest BCUT2D eigenvalue weighted by Gasteiger charge is 2.23. The van der Waals surface area contributed by atoms with Crippen molar-refractivity contribution in [3.63, 3.8) is 0 Å². The Bertz CT molecular complexity index is 835. The molecule has 0 radical (unpaired) electrons. The van der Waals surface area contributed by atoms with E-state index in [0.29, 0.717) is 5.69 Å². The Morgan fingerprint density at radius 2 is 1.62 bits per heavy atom. The molecule has 9 heteroatoms. The van der Waals surface area contributed by atoms with Crippen LogP contribution in [-0.4, -0.2) is 27.8 Å². The lowest BCUT2D eigenvalue weighted by Gasteiger charge is -2.15. The van der Waals surface area contributed by atoms with Gasteiger partial charge in [-0.15, -0.1) is 0 Å². The molecule has 0 atom stereocenters. The van der Waals surface area contributed by atoms with Crippen LogP contribution in [0.5, 0.6) is 0 Å². The number of halogens is 1. The van der Waals surface area contributed by atoms with Gasteiger partial charge in [-0.2, -0.15) is 0 Å². The van der Waals surface area contributed by atoms with Crippen LogP contribution in [0.2, 0.25) is 5.02 Å². The maximum Gasteiger partial charge on any atom is 0.299 e. The van der Waals surface area contributed by atoms with Gasteiger partial charge in [0.25, 0.3) is 11.4 Å². The highest BCUT2D eigenvalue weighted by Crippen LogP contribution is 2.37. The van der Waals surface area contributed by atoms with E-state index in [0.717, 1.165) is 31.3 Å². The Balaban J connectivity index is 1.80. The molecule has 26 heavy (non-hydrogen) atoms. The first kappa shape index (κ1) is 18.1. The highest BCUT2D eigenvalue weighted by atomic mass is 35.5. The SMILES string of the molecule is O=[N+]([O-])c1cc([N+](=O)[O-])c(Nc2ccc(CN3CCCC3)cc2)cc1Cl. The molecule has 2 aromatic carbocycles. The topological polar surface area (TPSA) is 102 Å². The van der Waals surface area contributed by atoms with Crippen LogP contribution in [0.1, 0.15) is 18.4 Å². The quantitative estimate of drug-likeness (QED) is 0.588. The molecule has 0 aromatic heterocycles. The molecule has 0 amide bonds. The third-order valence-corrected chi connectivity index (χ3v) is 4.60. The monoisotopic (exact) mass is 376 g/mol. The number of nitrogens with zero attached hydrogens (tertiary/aromatic N) is 3. The van der Waals surface area contributed by atoms with E-state index >= 15 is 0 Å². The van der Waals surface area contributed by atoms with Crippen LogP contribution in [0.3, 0.4) is 0 Å². The van der Waals surface area contributed by atoms with Gasteiger partial charge in [0.05, 0.1) is 15.9 Å². The predicted octanol–water partition coefficient (Wildman–Crippen LogP) is 4.50. The summed E-state index contributed by atoms with van der Waals surface area (Å²) < 4.78 is 0. The average Bonchev–Trinajstić information content (AvgIpc) is 3.09. The number of nitro groups is 2. The minimum absolute atomic E-state index is 0.109. The second kappa shape index (κ2) is 7.67. The Morgan fingerprint density at radius 1 is 1.00 bits per heavy atom. The first-order chi connectivity index (χ1) is 12.4. The lowest BCUT2D eigenvalue weighted by atomic mass is 10.1. The van der Waals surface area contributed by atoms with Crippen molar-refractivity contribution in [3.8, 4) is 0 Å². The van der Waals surface area contributed by atoms with Crippen molar-refractivity contribution in [3.05, 3.63) is 67.2 Å². The van der Waals surface area contributed by atoms with Crippen molar-refractivity contribution < 1.29 is 9.85 Å². The van der Waals surface area contributed by atoms with Gasteiger partial charge in [0.15, 0.2) is 0 Å². The van der Waals surface area contributed by atoms with Crippen molar-refractivity contribution in [1.82, 2.24) is 4.90 Å². The Kier molecular flexibility index (Phi) is 5.34. The van der Waals surface area contributed by atoms with E-state index in [-0.39, 0.29) is 10.7 Å². The molecule has 0 bridgehead atoms. The third-order valence-electron chi connectivity index (χ3n) is 4.30. The van der Waals surface area contributed by atoms with Crippen LogP contribution in [0.25, 0.3) is 0 Å². The molecule has 0 unspecified atom stereocenters. The standard InChI is InChI=1S/C17H17ClN4O4/c18-14-9-15(17(22(25)26)10-16(14)21(23)24)19-13-5-3-12(4-6-13)11-20-7-1-2-8-20/h3-6,9-10,19H,1-2,7-8,11H2. The van der Waals surface area contributed by atoms with Crippen LogP contribution in [-0.2, 0) is 6.54 Å². The van der Waals surface area contributed by atoms with Crippen LogP contribution in [0.4, 0.5) is 22.7 Å². The van der Waals surface area contributed by atoms with Gasteiger partial charge in [-0.3, -0.25) is 25.1 Å². The van der Waals surface area contributed by atoms with E-state index < -0.39 is 21.2 Å². The second-order valence-corrected chi connectivity index (χ2v) is 6.55. The Morgan fingerprint density at radius 3 is 2.19 bits per heavy atom. The summed E-state index contributed by atoms with van der Waals surface area (Å²) in [6.45, 7) is 3.09. The number of rotatable bonds is 6. The first-order valence-electron chi connectivity index (χ1n) is 8.14. The molecule has 1 fully saturated rings. The maximum atomic E-state index is 11.2. The molecule has 0 aliphatic carbocycles. The summed E-state index contributed by atoms with van der Waals surface area (Å²) in [5.41, 5.74) is 1.02. The smallest absolute Gasteiger partial charge is 0.299 e. The molecule has 1 aliphatic rings. The van der Waals surface area contributed by atoms with Crippen molar-refractivity contribution in [2.45, 2.75) is 19.4 Å². The van der Waals surface area contributed by atoms with Gasteiger partial charge in [0, 0.05) is 12.2 Å². The predicted molar refractivity (Wildman–Crippen MR) is 99.0 cm³/mol.